The second kappa shape index (κ2) is 13.5. The van der Waals surface area contributed by atoms with E-state index in [0.717, 1.165) is 49.7 Å². The molecule has 5 rings (SSSR count). The number of fused-ring (bicyclic) bond motifs is 1. The summed E-state index contributed by atoms with van der Waals surface area (Å²) in [6, 6.07) is 15.6. The molecule has 3 fully saturated rings. The maximum Gasteiger partial charge on any atom is 0.267 e. The first-order valence-electron chi connectivity index (χ1n) is 15.4. The van der Waals surface area contributed by atoms with Crippen molar-refractivity contribution in [3.05, 3.63) is 71.3 Å². The monoisotopic (exact) mass is 573 g/mol. The summed E-state index contributed by atoms with van der Waals surface area (Å²) in [5.41, 5.74) is 13.4. The molecule has 1 saturated carbocycles. The predicted molar refractivity (Wildman–Crippen MR) is 160 cm³/mol. The van der Waals surface area contributed by atoms with Gasteiger partial charge in [-0.3, -0.25) is 19.2 Å². The fraction of sp³-hybridized carbons (Fsp3) is 0.515. The van der Waals surface area contributed by atoms with Crippen LogP contribution < -0.4 is 11.5 Å². The van der Waals surface area contributed by atoms with Crippen LogP contribution in [-0.4, -0.2) is 69.7 Å². The highest BCUT2D eigenvalue weighted by atomic mass is 16.2. The summed E-state index contributed by atoms with van der Waals surface area (Å²) in [5.74, 6) is -0.574. The highest BCUT2D eigenvalue weighted by Crippen LogP contribution is 2.35. The maximum absolute atomic E-state index is 14.6. The average molecular weight is 574 g/mol. The van der Waals surface area contributed by atoms with Crippen molar-refractivity contribution in [1.82, 2.24) is 14.7 Å². The summed E-state index contributed by atoms with van der Waals surface area (Å²) in [4.78, 5) is 59.5. The van der Waals surface area contributed by atoms with Crippen molar-refractivity contribution in [3.63, 3.8) is 0 Å². The fourth-order valence-electron chi connectivity index (χ4n) is 6.89. The predicted octanol–water partition coefficient (Wildman–Crippen LogP) is 3.20. The largest absolute Gasteiger partial charge is 0.366 e. The van der Waals surface area contributed by atoms with Crippen LogP contribution in [0.3, 0.4) is 0 Å². The molecule has 0 aromatic heterocycles. The number of hydrogen-bond acceptors (Lipinski definition) is 5. The van der Waals surface area contributed by atoms with E-state index < -0.39 is 24.2 Å². The van der Waals surface area contributed by atoms with Gasteiger partial charge in [-0.05, 0) is 74.2 Å². The van der Waals surface area contributed by atoms with E-state index in [9.17, 15) is 19.2 Å². The van der Waals surface area contributed by atoms with Gasteiger partial charge in [-0.25, -0.2) is 0 Å². The highest BCUT2D eigenvalue weighted by molar-refractivity contribution is 6.00. The topological polar surface area (TPSA) is 130 Å². The van der Waals surface area contributed by atoms with E-state index in [2.05, 4.69) is 0 Å². The number of hydrogen-bond donors (Lipinski definition) is 2. The molecule has 3 aliphatic rings. The van der Waals surface area contributed by atoms with Crippen LogP contribution in [-0.2, 0) is 27.3 Å². The Balaban J connectivity index is 1.50. The van der Waals surface area contributed by atoms with Crippen LogP contribution in [0.15, 0.2) is 54.6 Å². The molecular weight excluding hydrogens is 530 g/mol. The zero-order valence-electron chi connectivity index (χ0n) is 24.3. The Morgan fingerprint density at radius 2 is 1.55 bits per heavy atom. The molecule has 0 radical (unpaired) electrons. The van der Waals surface area contributed by atoms with Crippen LogP contribution in [0.25, 0.3) is 0 Å². The first-order chi connectivity index (χ1) is 20.4. The molecule has 0 spiro atoms. The van der Waals surface area contributed by atoms with E-state index in [1.54, 1.807) is 39.0 Å². The quantitative estimate of drug-likeness (QED) is 0.399. The van der Waals surface area contributed by atoms with Crippen LogP contribution in [0.1, 0.15) is 79.3 Å². The molecule has 2 aliphatic heterocycles. The Kier molecular flexibility index (Phi) is 9.57. The summed E-state index contributed by atoms with van der Waals surface area (Å²) >= 11 is 0. The van der Waals surface area contributed by atoms with Gasteiger partial charge in [0.05, 0.1) is 0 Å². The SMILES string of the molecule is NCCCC[C@H]1C(=O)N2C(C(=O)N1CC1CCCCC1)N(Cc1ccc(C(N)=O)cc1)C(=O)C[C@@H]2Cc1ccccc1. The number of nitrogens with zero attached hydrogens (tertiary/aromatic N) is 3. The highest BCUT2D eigenvalue weighted by Gasteiger charge is 2.54. The second-order valence-electron chi connectivity index (χ2n) is 12.0. The molecule has 1 unspecified atom stereocenters. The van der Waals surface area contributed by atoms with Crippen molar-refractivity contribution in [3.8, 4) is 0 Å². The lowest BCUT2D eigenvalue weighted by molar-refractivity contribution is -0.185. The fourth-order valence-corrected chi connectivity index (χ4v) is 6.89. The number of primary amides is 1. The van der Waals surface area contributed by atoms with Crippen molar-refractivity contribution in [1.29, 1.82) is 0 Å². The number of carbonyl (C=O) groups is 4. The molecule has 9 heteroatoms. The lowest BCUT2D eigenvalue weighted by atomic mass is 9.87. The van der Waals surface area contributed by atoms with Crippen molar-refractivity contribution in [2.75, 3.05) is 13.1 Å². The van der Waals surface area contributed by atoms with E-state index in [1.807, 2.05) is 30.3 Å². The van der Waals surface area contributed by atoms with Gasteiger partial charge in [0, 0.05) is 31.1 Å². The molecule has 4 amide bonds. The van der Waals surface area contributed by atoms with E-state index >= 15 is 0 Å². The second-order valence-corrected chi connectivity index (χ2v) is 12.0. The molecule has 4 N–H and O–H groups in total. The molecule has 2 heterocycles. The van der Waals surface area contributed by atoms with E-state index in [-0.39, 0.29) is 30.7 Å². The van der Waals surface area contributed by atoms with Gasteiger partial charge in [-0.1, -0.05) is 61.7 Å². The Hall–Kier alpha value is -3.72. The molecule has 2 saturated heterocycles. The number of rotatable bonds is 11. The number of nitrogens with two attached hydrogens (primary N) is 2. The number of benzene rings is 2. The standard InChI is InChI=1S/C33H43N5O4/c34-18-8-7-13-28-32(41)38-27(19-23-9-3-1-4-10-23)20-29(39)37(22-25-14-16-26(17-15-25)30(35)40)31(38)33(42)36(28)21-24-11-5-2-6-12-24/h1,3-4,9-10,14-17,24,27-28,31H,2,5-8,11-13,18-22,34H2,(H2,35,40)/t27-,28-,31?/m0/s1. The minimum atomic E-state index is -1.00. The third-order valence-electron chi connectivity index (χ3n) is 9.12. The average Bonchev–Trinajstić information content (AvgIpc) is 2.99. The molecule has 9 nitrogen and oxygen atoms in total. The zero-order chi connectivity index (χ0) is 29.6. The molecule has 2 aromatic rings. The summed E-state index contributed by atoms with van der Waals surface area (Å²) < 4.78 is 0. The smallest absolute Gasteiger partial charge is 0.267 e. The number of carbonyl (C=O) groups excluding carboxylic acids is 4. The van der Waals surface area contributed by atoms with Gasteiger partial charge in [0.2, 0.25) is 17.7 Å². The van der Waals surface area contributed by atoms with Crippen molar-refractivity contribution in [2.24, 2.45) is 17.4 Å². The van der Waals surface area contributed by atoms with Gasteiger partial charge in [0.1, 0.15) is 6.04 Å². The van der Waals surface area contributed by atoms with Crippen molar-refractivity contribution in [2.45, 2.75) is 89.0 Å². The molecule has 0 bridgehead atoms. The van der Waals surface area contributed by atoms with E-state index in [1.165, 1.54) is 6.42 Å². The molecular formula is C33H43N5O4. The minimum Gasteiger partial charge on any atom is -0.366 e. The number of amides is 4. The molecule has 3 atom stereocenters. The molecule has 2 aromatic carbocycles. The van der Waals surface area contributed by atoms with Crippen LogP contribution in [0, 0.1) is 5.92 Å². The van der Waals surface area contributed by atoms with Crippen LogP contribution in [0.5, 0.6) is 0 Å². The van der Waals surface area contributed by atoms with Crippen molar-refractivity contribution < 1.29 is 19.2 Å². The van der Waals surface area contributed by atoms with Gasteiger partial charge in [-0.2, -0.15) is 0 Å². The summed E-state index contributed by atoms with van der Waals surface area (Å²) in [5, 5.41) is 0. The number of unbranched alkanes of at least 4 members (excludes halogenated alkanes) is 1. The third kappa shape index (κ3) is 6.51. The summed E-state index contributed by atoms with van der Waals surface area (Å²) in [6.45, 7) is 1.24. The Morgan fingerprint density at radius 1 is 0.833 bits per heavy atom. The van der Waals surface area contributed by atoms with Crippen LogP contribution >= 0.6 is 0 Å². The van der Waals surface area contributed by atoms with Gasteiger partial charge in [0.25, 0.3) is 5.91 Å². The molecule has 42 heavy (non-hydrogen) atoms. The van der Waals surface area contributed by atoms with E-state index in [4.69, 9.17) is 11.5 Å². The zero-order valence-corrected chi connectivity index (χ0v) is 24.3. The van der Waals surface area contributed by atoms with E-state index in [0.29, 0.717) is 37.4 Å². The van der Waals surface area contributed by atoms with Gasteiger partial charge in [-0.15, -0.1) is 0 Å². The van der Waals surface area contributed by atoms with Crippen molar-refractivity contribution >= 4 is 23.6 Å². The first-order valence-corrected chi connectivity index (χ1v) is 15.4. The third-order valence-corrected chi connectivity index (χ3v) is 9.12. The molecule has 1 aliphatic carbocycles. The first kappa shape index (κ1) is 29.8. The van der Waals surface area contributed by atoms with Gasteiger partial charge in [0.15, 0.2) is 6.17 Å². The summed E-state index contributed by atoms with van der Waals surface area (Å²) in [6.07, 6.45) is 7.34. The van der Waals surface area contributed by atoms with Gasteiger partial charge < -0.3 is 26.2 Å². The Morgan fingerprint density at radius 3 is 2.21 bits per heavy atom. The Bertz CT molecular complexity index is 1260. The lowest BCUT2D eigenvalue weighted by Crippen LogP contribution is -2.74. The maximum atomic E-state index is 14.6. The molecule has 224 valence electrons. The Labute approximate surface area is 248 Å². The minimum absolute atomic E-state index is 0.0741. The van der Waals surface area contributed by atoms with Gasteiger partial charge >= 0.3 is 0 Å². The lowest BCUT2D eigenvalue weighted by Gasteiger charge is -2.54. The summed E-state index contributed by atoms with van der Waals surface area (Å²) in [7, 11) is 0. The normalized spacial score (nSPS) is 23.3. The number of piperazine rings is 1. The van der Waals surface area contributed by atoms with Crippen LogP contribution in [0.2, 0.25) is 0 Å². The van der Waals surface area contributed by atoms with Crippen LogP contribution in [0.4, 0.5) is 0 Å².